The van der Waals surface area contributed by atoms with Crippen molar-refractivity contribution in [1.29, 1.82) is 5.41 Å². The maximum atomic E-state index is 7.25. The third-order valence-electron chi connectivity index (χ3n) is 1.05. The summed E-state index contributed by atoms with van der Waals surface area (Å²) < 4.78 is 0.933. The number of rotatable bonds is 1. The molecule has 0 spiro atoms. The highest BCUT2D eigenvalue weighted by Crippen LogP contribution is 2.20. The van der Waals surface area contributed by atoms with Gasteiger partial charge >= 0.3 is 0 Å². The van der Waals surface area contributed by atoms with Crippen molar-refractivity contribution >= 4 is 29.7 Å². The van der Waals surface area contributed by atoms with Gasteiger partial charge in [0.15, 0.2) is 0 Å². The van der Waals surface area contributed by atoms with Crippen molar-refractivity contribution in [2.24, 2.45) is 0 Å². The van der Waals surface area contributed by atoms with E-state index in [2.05, 4.69) is 12.6 Å². The van der Waals surface area contributed by atoms with Crippen LogP contribution >= 0.6 is 24.0 Å². The lowest BCUT2D eigenvalue weighted by atomic mass is 10.2. The fourth-order valence-corrected chi connectivity index (χ4v) is 1.69. The van der Waals surface area contributed by atoms with Crippen molar-refractivity contribution in [3.8, 4) is 0 Å². The van der Waals surface area contributed by atoms with Gasteiger partial charge in [-0.2, -0.15) is 0 Å². The standard InChI is InChI=1S/C6H7NS2/c1-4(7)5-2-3-9-6(5)8/h2-3,7-8H,1H3. The molecule has 0 saturated carbocycles. The van der Waals surface area contributed by atoms with Crippen molar-refractivity contribution in [3.05, 3.63) is 17.0 Å². The fourth-order valence-electron chi connectivity index (χ4n) is 0.587. The molecule has 3 heteroatoms. The molecule has 0 atom stereocenters. The van der Waals surface area contributed by atoms with Crippen molar-refractivity contribution in [2.75, 3.05) is 0 Å². The monoisotopic (exact) mass is 157 g/mol. The first-order valence-electron chi connectivity index (χ1n) is 2.54. The second kappa shape index (κ2) is 2.54. The van der Waals surface area contributed by atoms with Crippen LogP contribution in [0.15, 0.2) is 15.7 Å². The van der Waals surface area contributed by atoms with E-state index in [-0.39, 0.29) is 0 Å². The van der Waals surface area contributed by atoms with Crippen molar-refractivity contribution in [2.45, 2.75) is 11.1 Å². The van der Waals surface area contributed by atoms with E-state index in [4.69, 9.17) is 5.41 Å². The molecule has 1 heterocycles. The van der Waals surface area contributed by atoms with E-state index in [1.807, 2.05) is 11.4 Å². The van der Waals surface area contributed by atoms with Crippen molar-refractivity contribution < 1.29 is 0 Å². The lowest BCUT2D eigenvalue weighted by molar-refractivity contribution is 1.44. The first-order valence-corrected chi connectivity index (χ1v) is 3.86. The predicted molar refractivity (Wildman–Crippen MR) is 44.1 cm³/mol. The molecule has 0 radical (unpaired) electrons. The summed E-state index contributed by atoms with van der Waals surface area (Å²) >= 11 is 5.72. The molecule has 0 aromatic carbocycles. The van der Waals surface area contributed by atoms with Gasteiger partial charge in [-0.25, -0.2) is 0 Å². The lowest BCUT2D eigenvalue weighted by Gasteiger charge is -1.90. The van der Waals surface area contributed by atoms with Crippen LogP contribution in [0.2, 0.25) is 0 Å². The Morgan fingerprint density at radius 2 is 2.44 bits per heavy atom. The maximum absolute atomic E-state index is 7.25. The molecule has 0 aliphatic heterocycles. The molecule has 0 amide bonds. The van der Waals surface area contributed by atoms with E-state index in [0.717, 1.165) is 9.77 Å². The Bertz CT molecular complexity index is 227. The highest BCUT2D eigenvalue weighted by atomic mass is 32.2. The van der Waals surface area contributed by atoms with E-state index >= 15 is 0 Å². The minimum Gasteiger partial charge on any atom is -0.305 e. The molecule has 0 bridgehead atoms. The minimum atomic E-state index is 0.584. The molecule has 1 nitrogen and oxygen atoms in total. The van der Waals surface area contributed by atoms with Gasteiger partial charge < -0.3 is 5.41 Å². The fraction of sp³-hybridized carbons (Fsp3) is 0.167. The van der Waals surface area contributed by atoms with Crippen LogP contribution in [0.4, 0.5) is 0 Å². The quantitative estimate of drug-likeness (QED) is 0.462. The number of thiophene rings is 1. The zero-order valence-corrected chi connectivity index (χ0v) is 6.72. The zero-order valence-electron chi connectivity index (χ0n) is 5.01. The molecule has 0 fully saturated rings. The van der Waals surface area contributed by atoms with Gasteiger partial charge in [-0.3, -0.25) is 0 Å². The van der Waals surface area contributed by atoms with Gasteiger partial charge in [-0.15, -0.1) is 24.0 Å². The third kappa shape index (κ3) is 1.34. The van der Waals surface area contributed by atoms with Crippen LogP contribution in [0.1, 0.15) is 12.5 Å². The Hall–Kier alpha value is -0.280. The Labute approximate surface area is 63.6 Å². The molecule has 1 aromatic heterocycles. The first-order chi connectivity index (χ1) is 4.22. The van der Waals surface area contributed by atoms with Gasteiger partial charge in [0.2, 0.25) is 0 Å². The lowest BCUT2D eigenvalue weighted by Crippen LogP contribution is -1.87. The summed E-state index contributed by atoms with van der Waals surface area (Å²) in [5, 5.41) is 9.19. The molecule has 1 rings (SSSR count). The van der Waals surface area contributed by atoms with Crippen molar-refractivity contribution in [1.82, 2.24) is 0 Å². The number of hydrogen-bond donors (Lipinski definition) is 2. The van der Waals surface area contributed by atoms with Crippen LogP contribution in [0.25, 0.3) is 0 Å². The van der Waals surface area contributed by atoms with Gasteiger partial charge in [-0.1, -0.05) is 0 Å². The Morgan fingerprint density at radius 1 is 1.78 bits per heavy atom. The molecule has 48 valence electrons. The Kier molecular flexibility index (Phi) is 1.93. The van der Waals surface area contributed by atoms with Crippen molar-refractivity contribution in [3.63, 3.8) is 0 Å². The number of nitrogens with one attached hydrogen (secondary N) is 1. The molecule has 0 aliphatic carbocycles. The molecule has 1 N–H and O–H groups in total. The van der Waals surface area contributed by atoms with Gasteiger partial charge in [0.05, 0.1) is 4.21 Å². The summed E-state index contributed by atoms with van der Waals surface area (Å²) in [6, 6.07) is 1.91. The van der Waals surface area contributed by atoms with Gasteiger partial charge in [-0.05, 0) is 18.4 Å². The smallest absolute Gasteiger partial charge is 0.0658 e. The van der Waals surface area contributed by atoms with E-state index < -0.39 is 0 Å². The SMILES string of the molecule is CC(=N)c1ccsc1S. The average molecular weight is 157 g/mol. The van der Waals surface area contributed by atoms with Crippen LogP contribution in [0.3, 0.4) is 0 Å². The second-order valence-corrected chi connectivity index (χ2v) is 3.43. The molecule has 0 aliphatic rings. The molecular weight excluding hydrogens is 150 g/mol. The van der Waals surface area contributed by atoms with Gasteiger partial charge in [0.1, 0.15) is 0 Å². The third-order valence-corrected chi connectivity index (χ3v) is 2.32. The summed E-state index contributed by atoms with van der Waals surface area (Å²) in [5.41, 5.74) is 1.53. The largest absolute Gasteiger partial charge is 0.305 e. The summed E-state index contributed by atoms with van der Waals surface area (Å²) in [5.74, 6) is 0. The zero-order chi connectivity index (χ0) is 6.85. The normalized spacial score (nSPS) is 9.56. The predicted octanol–water partition coefficient (Wildman–Crippen LogP) is 2.42. The summed E-state index contributed by atoms with van der Waals surface area (Å²) in [4.78, 5) is 0. The van der Waals surface area contributed by atoms with Crippen LogP contribution < -0.4 is 0 Å². The number of hydrogen-bond acceptors (Lipinski definition) is 3. The van der Waals surface area contributed by atoms with E-state index in [1.165, 1.54) is 0 Å². The molecule has 9 heavy (non-hydrogen) atoms. The van der Waals surface area contributed by atoms with E-state index in [9.17, 15) is 0 Å². The molecule has 1 aromatic rings. The number of thiol groups is 1. The summed E-state index contributed by atoms with van der Waals surface area (Å²) in [6.07, 6.45) is 0. The van der Waals surface area contributed by atoms with E-state index in [0.29, 0.717) is 5.71 Å². The van der Waals surface area contributed by atoms with Crippen LogP contribution in [-0.2, 0) is 0 Å². The topological polar surface area (TPSA) is 23.9 Å². The highest BCUT2D eigenvalue weighted by molar-refractivity contribution is 7.83. The van der Waals surface area contributed by atoms with Gasteiger partial charge in [0, 0.05) is 11.3 Å². The summed E-state index contributed by atoms with van der Waals surface area (Å²) in [7, 11) is 0. The van der Waals surface area contributed by atoms with Crippen LogP contribution in [-0.4, -0.2) is 5.71 Å². The Morgan fingerprint density at radius 3 is 2.67 bits per heavy atom. The van der Waals surface area contributed by atoms with Gasteiger partial charge in [0.25, 0.3) is 0 Å². The molecular formula is C6H7NS2. The molecule has 0 unspecified atom stereocenters. The first kappa shape index (κ1) is 6.83. The second-order valence-electron chi connectivity index (χ2n) is 1.76. The maximum Gasteiger partial charge on any atom is 0.0658 e. The van der Waals surface area contributed by atoms with Crippen LogP contribution in [0, 0.1) is 5.41 Å². The summed E-state index contributed by atoms with van der Waals surface area (Å²) in [6.45, 7) is 1.77. The average Bonchev–Trinajstić information content (AvgIpc) is 2.13. The highest BCUT2D eigenvalue weighted by Gasteiger charge is 1.99. The Balaban J connectivity index is 3.08. The van der Waals surface area contributed by atoms with Crippen LogP contribution in [0.5, 0.6) is 0 Å². The molecule has 0 saturated heterocycles. The van der Waals surface area contributed by atoms with E-state index in [1.54, 1.807) is 18.3 Å². The minimum absolute atomic E-state index is 0.584.